The fourth-order valence-electron chi connectivity index (χ4n) is 2.55. The highest BCUT2D eigenvalue weighted by Crippen LogP contribution is 2.32. The Balaban J connectivity index is 2.32. The number of hydrogen-bond donors (Lipinski definition) is 2. The first-order chi connectivity index (χ1) is 10.2. The molecule has 4 heteroatoms. The zero-order valence-electron chi connectivity index (χ0n) is 12.7. The molecule has 2 aromatic rings. The van der Waals surface area contributed by atoms with E-state index in [2.05, 4.69) is 16.4 Å². The number of benzene rings is 1. The third-order valence-corrected chi connectivity index (χ3v) is 3.68. The van der Waals surface area contributed by atoms with Gasteiger partial charge in [-0.05, 0) is 42.8 Å². The molecule has 0 unspecified atom stereocenters. The molecule has 0 aliphatic heterocycles. The molecule has 4 nitrogen and oxygen atoms in total. The molecule has 0 fully saturated rings. The maximum absolute atomic E-state index is 10.7. The molecule has 2 rings (SSSR count). The van der Waals surface area contributed by atoms with Gasteiger partial charge >= 0.3 is 0 Å². The summed E-state index contributed by atoms with van der Waals surface area (Å²) in [4.78, 5) is 4.09. The van der Waals surface area contributed by atoms with Crippen LogP contribution in [0.3, 0.4) is 0 Å². The van der Waals surface area contributed by atoms with Gasteiger partial charge in [-0.15, -0.1) is 0 Å². The largest absolute Gasteiger partial charge is 0.496 e. The van der Waals surface area contributed by atoms with E-state index < -0.39 is 6.10 Å². The van der Waals surface area contributed by atoms with Crippen molar-refractivity contribution in [1.82, 2.24) is 10.3 Å². The van der Waals surface area contributed by atoms with Crippen LogP contribution in [0.4, 0.5) is 0 Å². The van der Waals surface area contributed by atoms with Gasteiger partial charge in [-0.1, -0.05) is 18.2 Å². The molecule has 0 aliphatic rings. The van der Waals surface area contributed by atoms with E-state index in [1.165, 1.54) is 0 Å². The minimum atomic E-state index is -0.598. The molecule has 1 aromatic heterocycles. The number of aryl methyl sites for hydroxylation is 1. The predicted octanol–water partition coefficient (Wildman–Crippen LogP) is 2.44. The molecule has 0 saturated heterocycles. The van der Waals surface area contributed by atoms with Crippen molar-refractivity contribution in [3.05, 3.63) is 59.4 Å². The first-order valence-electron chi connectivity index (χ1n) is 7.04. The molecule has 0 aliphatic carbocycles. The number of aliphatic hydroxyl groups excluding tert-OH is 1. The van der Waals surface area contributed by atoms with E-state index in [1.807, 2.05) is 38.2 Å². The normalized spacial score (nSPS) is 13.7. The molecule has 2 atom stereocenters. The highest BCUT2D eigenvalue weighted by atomic mass is 16.5. The van der Waals surface area contributed by atoms with Gasteiger partial charge in [0, 0.05) is 24.9 Å². The zero-order chi connectivity index (χ0) is 15.2. The summed E-state index contributed by atoms with van der Waals surface area (Å²) < 4.78 is 5.30. The Morgan fingerprint density at radius 3 is 2.67 bits per heavy atom. The van der Waals surface area contributed by atoms with E-state index in [0.717, 1.165) is 22.4 Å². The van der Waals surface area contributed by atoms with Crippen molar-refractivity contribution in [2.45, 2.75) is 18.9 Å². The molecule has 0 bridgehead atoms. The van der Waals surface area contributed by atoms with Crippen LogP contribution in [0, 0.1) is 6.92 Å². The van der Waals surface area contributed by atoms with Gasteiger partial charge in [-0.25, -0.2) is 0 Å². The Kier molecular flexibility index (Phi) is 5.31. The van der Waals surface area contributed by atoms with E-state index in [-0.39, 0.29) is 5.92 Å². The number of aliphatic hydroxyl groups is 1. The number of methoxy groups -OCH3 is 1. The molecule has 1 aromatic carbocycles. The van der Waals surface area contributed by atoms with Gasteiger partial charge in [0.25, 0.3) is 0 Å². The number of nitrogens with zero attached hydrogens (tertiary/aromatic N) is 1. The van der Waals surface area contributed by atoms with E-state index in [0.29, 0.717) is 6.54 Å². The van der Waals surface area contributed by atoms with Crippen molar-refractivity contribution >= 4 is 0 Å². The smallest absolute Gasteiger partial charge is 0.121 e. The Morgan fingerprint density at radius 2 is 2.10 bits per heavy atom. The summed E-state index contributed by atoms with van der Waals surface area (Å²) in [5.74, 6) is 0.821. The molecule has 0 amide bonds. The maximum atomic E-state index is 10.7. The van der Waals surface area contributed by atoms with Crippen LogP contribution in [-0.2, 0) is 0 Å². The number of likely N-dealkylation sites (N-methyl/N-ethyl adjacent to an activating group) is 1. The average molecular weight is 286 g/mol. The number of nitrogens with one attached hydrogen (secondary N) is 1. The number of aromatic nitrogens is 1. The summed E-state index contributed by atoms with van der Waals surface area (Å²) in [6.07, 6.45) is 2.82. The summed E-state index contributed by atoms with van der Waals surface area (Å²) in [6, 6.07) is 9.77. The molecule has 2 N–H and O–H groups in total. The molecule has 0 spiro atoms. The topological polar surface area (TPSA) is 54.4 Å². The van der Waals surface area contributed by atoms with E-state index in [9.17, 15) is 5.11 Å². The molecule has 0 radical (unpaired) electrons. The van der Waals surface area contributed by atoms with Crippen LogP contribution < -0.4 is 10.1 Å². The standard InChI is InChI=1S/C17H22N2O2/c1-12-9-13(6-7-16(12)21-3)15(11-18-2)17(20)14-5-4-8-19-10-14/h4-10,15,17-18,20H,11H2,1-3H3/t15-,17-/m1/s1. The first-order valence-corrected chi connectivity index (χ1v) is 7.04. The van der Waals surface area contributed by atoms with Gasteiger partial charge in [-0.2, -0.15) is 0 Å². The Hall–Kier alpha value is -1.91. The number of pyridine rings is 1. The first kappa shape index (κ1) is 15.5. The lowest BCUT2D eigenvalue weighted by Crippen LogP contribution is -2.23. The number of hydrogen-bond acceptors (Lipinski definition) is 4. The summed E-state index contributed by atoms with van der Waals surface area (Å²) in [5.41, 5.74) is 2.97. The van der Waals surface area contributed by atoms with Gasteiger partial charge in [0.15, 0.2) is 0 Å². The molecule has 1 heterocycles. The Bertz CT molecular complexity index is 572. The lowest BCUT2D eigenvalue weighted by molar-refractivity contribution is 0.144. The van der Waals surface area contributed by atoms with Crippen molar-refractivity contribution in [2.75, 3.05) is 20.7 Å². The highest BCUT2D eigenvalue weighted by Gasteiger charge is 2.23. The van der Waals surface area contributed by atoms with Crippen LogP contribution in [0.5, 0.6) is 5.75 Å². The van der Waals surface area contributed by atoms with E-state index >= 15 is 0 Å². The van der Waals surface area contributed by atoms with Crippen LogP contribution in [-0.4, -0.2) is 30.8 Å². The van der Waals surface area contributed by atoms with Crippen LogP contribution in [0.2, 0.25) is 0 Å². The van der Waals surface area contributed by atoms with Gasteiger partial charge in [0.2, 0.25) is 0 Å². The van der Waals surface area contributed by atoms with E-state index in [1.54, 1.807) is 19.5 Å². The molecule has 112 valence electrons. The van der Waals surface area contributed by atoms with Crippen LogP contribution >= 0.6 is 0 Å². The van der Waals surface area contributed by atoms with Gasteiger partial charge in [-0.3, -0.25) is 4.98 Å². The van der Waals surface area contributed by atoms with Crippen LogP contribution in [0.15, 0.2) is 42.7 Å². The van der Waals surface area contributed by atoms with E-state index in [4.69, 9.17) is 4.74 Å². The number of rotatable bonds is 6. The second-order valence-electron chi connectivity index (χ2n) is 5.12. The van der Waals surface area contributed by atoms with Crippen molar-refractivity contribution in [1.29, 1.82) is 0 Å². The SMILES string of the molecule is CNC[C@H](c1ccc(OC)c(C)c1)[C@H](O)c1cccnc1. The summed E-state index contributed by atoms with van der Waals surface area (Å²) in [6.45, 7) is 2.69. The monoisotopic (exact) mass is 286 g/mol. The fourth-order valence-corrected chi connectivity index (χ4v) is 2.55. The highest BCUT2D eigenvalue weighted by molar-refractivity contribution is 5.38. The quantitative estimate of drug-likeness (QED) is 0.856. The third-order valence-electron chi connectivity index (χ3n) is 3.68. The Morgan fingerprint density at radius 1 is 1.29 bits per heavy atom. The molecular formula is C17H22N2O2. The predicted molar refractivity (Wildman–Crippen MR) is 83.6 cm³/mol. The summed E-state index contributed by atoms with van der Waals surface area (Å²) in [5, 5.41) is 13.8. The molecular weight excluding hydrogens is 264 g/mol. The van der Waals surface area contributed by atoms with Crippen molar-refractivity contribution in [3.8, 4) is 5.75 Å². The summed E-state index contributed by atoms with van der Waals surface area (Å²) >= 11 is 0. The van der Waals surface area contributed by atoms with Crippen molar-refractivity contribution in [3.63, 3.8) is 0 Å². The second-order valence-corrected chi connectivity index (χ2v) is 5.12. The molecule has 21 heavy (non-hydrogen) atoms. The summed E-state index contributed by atoms with van der Waals surface area (Å²) in [7, 11) is 3.55. The van der Waals surface area contributed by atoms with Gasteiger partial charge in [0.05, 0.1) is 13.2 Å². The minimum Gasteiger partial charge on any atom is -0.496 e. The second kappa shape index (κ2) is 7.20. The van der Waals surface area contributed by atoms with Gasteiger partial charge in [0.1, 0.15) is 5.75 Å². The lowest BCUT2D eigenvalue weighted by Gasteiger charge is -2.24. The molecule has 0 saturated carbocycles. The third kappa shape index (κ3) is 3.60. The Labute approximate surface area is 125 Å². The zero-order valence-corrected chi connectivity index (χ0v) is 12.7. The fraction of sp³-hybridized carbons (Fsp3) is 0.353. The number of ether oxygens (including phenoxy) is 1. The maximum Gasteiger partial charge on any atom is 0.121 e. The van der Waals surface area contributed by atoms with Crippen LogP contribution in [0.25, 0.3) is 0 Å². The van der Waals surface area contributed by atoms with Gasteiger partial charge < -0.3 is 15.2 Å². The van der Waals surface area contributed by atoms with Crippen molar-refractivity contribution < 1.29 is 9.84 Å². The van der Waals surface area contributed by atoms with Crippen molar-refractivity contribution in [2.24, 2.45) is 0 Å². The lowest BCUT2D eigenvalue weighted by atomic mass is 9.88. The average Bonchev–Trinajstić information content (AvgIpc) is 2.52. The minimum absolute atomic E-state index is 0.0381. The van der Waals surface area contributed by atoms with Crippen LogP contribution in [0.1, 0.15) is 28.7 Å².